The molecule has 4 N–H and O–H groups in total. The lowest BCUT2D eigenvalue weighted by atomic mass is 9.98. The normalized spacial score (nSPS) is 33.4. The number of nitrogens with one attached hydrogen (secondary N) is 4. The van der Waals surface area contributed by atoms with Crippen LogP contribution in [0.2, 0.25) is 0 Å². The summed E-state index contributed by atoms with van der Waals surface area (Å²) in [7, 11) is 0. The van der Waals surface area contributed by atoms with Crippen molar-refractivity contribution in [1.29, 1.82) is 0 Å². The van der Waals surface area contributed by atoms with E-state index in [4.69, 9.17) is 4.74 Å². The first-order valence-corrected chi connectivity index (χ1v) is 8.75. The van der Waals surface area contributed by atoms with Crippen molar-refractivity contribution in [3.63, 3.8) is 0 Å². The molecule has 0 aromatic carbocycles. The van der Waals surface area contributed by atoms with E-state index in [1.54, 1.807) is 0 Å². The van der Waals surface area contributed by atoms with Crippen LogP contribution in [-0.4, -0.2) is 48.0 Å². The fraction of sp³-hybridized carbons (Fsp3) is 0.875. The van der Waals surface area contributed by atoms with Crippen LogP contribution in [0.4, 0.5) is 13.2 Å². The zero-order chi connectivity index (χ0) is 19.7. The lowest BCUT2D eigenvalue weighted by Crippen LogP contribution is -2.53. The summed E-state index contributed by atoms with van der Waals surface area (Å²) in [5, 5.41) is 5.58. The minimum absolute atomic E-state index is 0.0130. The number of hydrogen-bond acceptors (Lipinski definition) is 5. The summed E-state index contributed by atoms with van der Waals surface area (Å²) in [5.41, 5.74) is 5.56. The van der Waals surface area contributed by atoms with Crippen LogP contribution >= 0.6 is 0 Å². The number of halogens is 3. The van der Waals surface area contributed by atoms with Crippen molar-refractivity contribution < 1.29 is 22.7 Å². The van der Waals surface area contributed by atoms with Gasteiger partial charge in [-0.15, -0.1) is 0 Å². The zero-order valence-electron chi connectivity index (χ0n) is 15.7. The van der Waals surface area contributed by atoms with E-state index < -0.39 is 35.7 Å². The first kappa shape index (κ1) is 20.9. The van der Waals surface area contributed by atoms with Gasteiger partial charge in [0.2, 0.25) is 5.91 Å². The number of ether oxygens (including phenoxy) is 1. The van der Waals surface area contributed by atoms with E-state index in [0.29, 0.717) is 6.42 Å². The topological polar surface area (TPSA) is 86.8 Å². The van der Waals surface area contributed by atoms with E-state index in [2.05, 4.69) is 26.5 Å². The summed E-state index contributed by atoms with van der Waals surface area (Å²) in [4.78, 5) is 16.9. The number of carbonyl (C=O) groups is 1. The average Bonchev–Trinajstić information content (AvgIpc) is 3.02. The van der Waals surface area contributed by atoms with Crippen molar-refractivity contribution >= 4 is 11.9 Å². The molecule has 5 unspecified atom stereocenters. The van der Waals surface area contributed by atoms with Crippen molar-refractivity contribution in [2.75, 3.05) is 0 Å². The first-order chi connectivity index (χ1) is 11.8. The molecule has 1 amide bonds. The number of alkyl halides is 3. The van der Waals surface area contributed by atoms with Crippen molar-refractivity contribution in [2.24, 2.45) is 10.9 Å². The molecule has 2 aliphatic rings. The summed E-state index contributed by atoms with van der Waals surface area (Å²) in [6.45, 7) is 9.12. The fourth-order valence-electron chi connectivity index (χ4n) is 3.02. The molecule has 2 aliphatic heterocycles. The van der Waals surface area contributed by atoms with E-state index in [0.717, 1.165) is 0 Å². The smallest absolute Gasteiger partial charge is 0.365 e. The Hall–Kier alpha value is -1.39. The van der Waals surface area contributed by atoms with Gasteiger partial charge in [-0.25, -0.2) is 10.4 Å². The number of rotatable bonds is 2. The molecule has 2 rings (SSSR count). The van der Waals surface area contributed by atoms with Gasteiger partial charge in [-0.05, 0) is 41.0 Å². The van der Waals surface area contributed by atoms with Crippen LogP contribution < -0.4 is 21.5 Å². The predicted molar refractivity (Wildman–Crippen MR) is 91.1 cm³/mol. The van der Waals surface area contributed by atoms with Gasteiger partial charge in [-0.1, -0.05) is 0 Å². The maximum atomic E-state index is 13.2. The molecular weight excluding hydrogens is 351 g/mol. The lowest BCUT2D eigenvalue weighted by molar-refractivity contribution is -0.222. The van der Waals surface area contributed by atoms with Crippen LogP contribution in [-0.2, 0) is 9.53 Å². The summed E-state index contributed by atoms with van der Waals surface area (Å²) < 4.78 is 44.4. The second-order valence-corrected chi connectivity index (χ2v) is 8.03. The van der Waals surface area contributed by atoms with E-state index >= 15 is 0 Å². The van der Waals surface area contributed by atoms with E-state index in [-0.39, 0.29) is 24.6 Å². The Morgan fingerprint density at radius 1 is 1.15 bits per heavy atom. The SMILES string of the molecule is CC1CC(/N=C(/NC(=O)C2CC(C)OC2C(F)(F)F)NC(C)(C)C)NN1. The van der Waals surface area contributed by atoms with Crippen molar-refractivity contribution in [3.8, 4) is 0 Å². The molecule has 2 heterocycles. The van der Waals surface area contributed by atoms with Crippen molar-refractivity contribution in [3.05, 3.63) is 0 Å². The monoisotopic (exact) mass is 379 g/mol. The van der Waals surface area contributed by atoms with Gasteiger partial charge in [0.25, 0.3) is 0 Å². The number of aliphatic imine (C=N–C) groups is 1. The third-order valence-corrected chi connectivity index (χ3v) is 4.08. The van der Waals surface area contributed by atoms with Crippen LogP contribution in [0.15, 0.2) is 4.99 Å². The number of amides is 1. The van der Waals surface area contributed by atoms with E-state index in [1.165, 1.54) is 6.92 Å². The van der Waals surface area contributed by atoms with Gasteiger partial charge in [0.15, 0.2) is 12.1 Å². The Balaban J connectivity index is 2.13. The van der Waals surface area contributed by atoms with Crippen LogP contribution in [0.5, 0.6) is 0 Å². The van der Waals surface area contributed by atoms with E-state index in [1.807, 2.05) is 27.7 Å². The minimum Gasteiger partial charge on any atom is -0.365 e. The Morgan fingerprint density at radius 2 is 1.81 bits per heavy atom. The molecule has 0 saturated carbocycles. The highest BCUT2D eigenvalue weighted by atomic mass is 19.4. The van der Waals surface area contributed by atoms with E-state index in [9.17, 15) is 18.0 Å². The maximum absolute atomic E-state index is 13.2. The van der Waals surface area contributed by atoms with Gasteiger partial charge in [0.1, 0.15) is 6.17 Å². The van der Waals surface area contributed by atoms with Crippen molar-refractivity contribution in [1.82, 2.24) is 21.5 Å². The molecular formula is C16H28F3N5O2. The van der Waals surface area contributed by atoms with Crippen LogP contribution in [0.25, 0.3) is 0 Å². The third-order valence-electron chi connectivity index (χ3n) is 4.08. The highest BCUT2D eigenvalue weighted by Crippen LogP contribution is 2.37. The fourth-order valence-corrected chi connectivity index (χ4v) is 3.02. The first-order valence-electron chi connectivity index (χ1n) is 8.75. The molecule has 5 atom stereocenters. The zero-order valence-corrected chi connectivity index (χ0v) is 15.7. The molecule has 26 heavy (non-hydrogen) atoms. The van der Waals surface area contributed by atoms with Gasteiger partial charge in [0, 0.05) is 18.0 Å². The maximum Gasteiger partial charge on any atom is 0.415 e. The molecule has 10 heteroatoms. The summed E-state index contributed by atoms with van der Waals surface area (Å²) >= 11 is 0. The van der Waals surface area contributed by atoms with Gasteiger partial charge < -0.3 is 10.1 Å². The molecule has 0 aromatic rings. The third kappa shape index (κ3) is 5.82. The average molecular weight is 379 g/mol. The number of guanidine groups is 1. The Morgan fingerprint density at radius 3 is 2.31 bits per heavy atom. The second-order valence-electron chi connectivity index (χ2n) is 8.03. The largest absolute Gasteiger partial charge is 0.415 e. The molecule has 2 saturated heterocycles. The number of hydrogen-bond donors (Lipinski definition) is 4. The molecule has 0 aliphatic carbocycles. The van der Waals surface area contributed by atoms with Crippen LogP contribution in [0.3, 0.4) is 0 Å². The minimum atomic E-state index is -4.59. The Labute approximate surface area is 151 Å². The molecule has 2 fully saturated rings. The summed E-state index contributed by atoms with van der Waals surface area (Å²) in [6.07, 6.45) is -6.89. The molecule has 150 valence electrons. The predicted octanol–water partition coefficient (Wildman–Crippen LogP) is 1.42. The molecule has 0 aromatic heterocycles. The summed E-state index contributed by atoms with van der Waals surface area (Å²) in [6, 6.07) is 0.203. The molecule has 7 nitrogen and oxygen atoms in total. The lowest BCUT2D eigenvalue weighted by Gasteiger charge is -2.26. The van der Waals surface area contributed by atoms with Gasteiger partial charge in [0.05, 0.1) is 12.0 Å². The quantitative estimate of drug-likeness (QED) is 0.431. The highest BCUT2D eigenvalue weighted by Gasteiger charge is 2.53. The molecule has 0 spiro atoms. The standard InChI is InChI=1S/C16H28F3N5O2/c1-8-6-11(24-23-8)20-14(22-15(3,4)5)21-13(25)10-7-9(2)26-12(10)16(17,18)19/h8-12,23-24H,6-7H2,1-5H3,(H2,20,21,22,25). The summed E-state index contributed by atoms with van der Waals surface area (Å²) in [5.74, 6) is -1.90. The molecule has 0 radical (unpaired) electrons. The van der Waals surface area contributed by atoms with Crippen LogP contribution in [0, 0.1) is 5.92 Å². The molecule has 0 bridgehead atoms. The van der Waals surface area contributed by atoms with Crippen LogP contribution in [0.1, 0.15) is 47.5 Å². The number of carbonyl (C=O) groups excluding carboxylic acids is 1. The Bertz CT molecular complexity index is 547. The van der Waals surface area contributed by atoms with Crippen molar-refractivity contribution in [2.45, 2.75) is 83.6 Å². The highest BCUT2D eigenvalue weighted by molar-refractivity contribution is 5.98. The van der Waals surface area contributed by atoms with Gasteiger partial charge >= 0.3 is 6.18 Å². The van der Waals surface area contributed by atoms with Gasteiger partial charge in [-0.2, -0.15) is 13.2 Å². The number of hydrazine groups is 1. The number of nitrogens with zero attached hydrogens (tertiary/aromatic N) is 1. The second kappa shape index (κ2) is 7.69. The van der Waals surface area contributed by atoms with Gasteiger partial charge in [-0.3, -0.25) is 15.5 Å². The Kier molecular flexibility index (Phi) is 6.19.